The van der Waals surface area contributed by atoms with Crippen molar-refractivity contribution in [2.24, 2.45) is 0 Å². The van der Waals surface area contributed by atoms with E-state index in [2.05, 4.69) is 15.3 Å². The number of rotatable bonds is 5. The molecule has 0 saturated heterocycles. The number of aromatic nitrogens is 2. The molecule has 0 saturated carbocycles. The van der Waals surface area contributed by atoms with E-state index in [1.165, 1.54) is 17.8 Å². The molecule has 0 aliphatic heterocycles. The second-order valence-corrected chi connectivity index (χ2v) is 6.73. The fourth-order valence-electron chi connectivity index (χ4n) is 2.46. The smallest absolute Gasteiger partial charge is 0.253 e. The van der Waals surface area contributed by atoms with E-state index >= 15 is 0 Å². The first-order chi connectivity index (χ1) is 12.0. The van der Waals surface area contributed by atoms with Crippen LogP contribution in [-0.2, 0) is 4.79 Å². The maximum absolute atomic E-state index is 12.6. The van der Waals surface area contributed by atoms with Gasteiger partial charge in [0.25, 0.3) is 5.56 Å². The lowest BCUT2D eigenvalue weighted by molar-refractivity contribution is -0.115. The van der Waals surface area contributed by atoms with Gasteiger partial charge >= 0.3 is 0 Å². The Morgan fingerprint density at radius 2 is 2.00 bits per heavy atom. The van der Waals surface area contributed by atoms with Gasteiger partial charge in [0, 0.05) is 11.8 Å². The molecule has 0 radical (unpaired) electrons. The predicted molar refractivity (Wildman–Crippen MR) is 102 cm³/mol. The second-order valence-electron chi connectivity index (χ2n) is 5.54. The average Bonchev–Trinajstić information content (AvgIpc) is 2.58. The van der Waals surface area contributed by atoms with Gasteiger partial charge in [-0.2, -0.15) is 0 Å². The molecule has 7 heteroatoms. The van der Waals surface area contributed by atoms with Crippen LogP contribution < -0.4 is 16.6 Å². The van der Waals surface area contributed by atoms with Crippen LogP contribution in [0.2, 0.25) is 0 Å². The van der Waals surface area contributed by atoms with Gasteiger partial charge < -0.3 is 16.0 Å². The Morgan fingerprint density at radius 1 is 1.24 bits per heavy atom. The molecule has 3 aromatic rings. The maximum atomic E-state index is 12.6. The zero-order valence-electron chi connectivity index (χ0n) is 13.7. The van der Waals surface area contributed by atoms with Crippen LogP contribution >= 0.6 is 11.8 Å². The van der Waals surface area contributed by atoms with Crippen molar-refractivity contribution in [2.45, 2.75) is 23.8 Å². The normalized spacial score (nSPS) is 12.0. The first kappa shape index (κ1) is 17.0. The van der Waals surface area contributed by atoms with Gasteiger partial charge in [-0.15, -0.1) is 0 Å². The summed E-state index contributed by atoms with van der Waals surface area (Å²) < 4.78 is 0. The topological polar surface area (TPSA) is 101 Å². The van der Waals surface area contributed by atoms with Crippen LogP contribution in [0.25, 0.3) is 10.8 Å². The molecule has 0 fully saturated rings. The summed E-state index contributed by atoms with van der Waals surface area (Å²) in [7, 11) is 0. The Balaban J connectivity index is 1.75. The molecule has 128 valence electrons. The lowest BCUT2D eigenvalue weighted by atomic mass is 10.1. The summed E-state index contributed by atoms with van der Waals surface area (Å²) in [6, 6.07) is 14.9. The van der Waals surface area contributed by atoms with Crippen LogP contribution in [0, 0.1) is 0 Å². The Hall–Kier alpha value is -2.80. The number of nitrogens with two attached hydrogens (primary N) is 1. The molecular formula is C18H18N4O2S. The minimum absolute atomic E-state index is 0.135. The molecule has 6 nitrogen and oxygen atoms in total. The number of hydrogen-bond donors (Lipinski definition) is 3. The van der Waals surface area contributed by atoms with E-state index in [1.54, 1.807) is 0 Å². The third kappa shape index (κ3) is 4.19. The number of amides is 1. The summed E-state index contributed by atoms with van der Waals surface area (Å²) in [6.45, 7) is 1.90. The maximum Gasteiger partial charge on any atom is 0.253 e. The molecule has 3 rings (SSSR count). The summed E-state index contributed by atoms with van der Waals surface area (Å²) in [6.07, 6.45) is 0.586. The number of anilines is 2. The van der Waals surface area contributed by atoms with Gasteiger partial charge in [0.05, 0.1) is 5.25 Å². The van der Waals surface area contributed by atoms with Crippen molar-refractivity contribution < 1.29 is 4.79 Å². The number of nitrogen functional groups attached to an aromatic ring is 1. The van der Waals surface area contributed by atoms with Gasteiger partial charge in [-0.3, -0.25) is 9.59 Å². The van der Waals surface area contributed by atoms with Gasteiger partial charge in [0.1, 0.15) is 5.82 Å². The first-order valence-electron chi connectivity index (χ1n) is 7.88. The zero-order chi connectivity index (χ0) is 17.8. The first-order valence-corrected chi connectivity index (χ1v) is 8.76. The fraction of sp³-hybridized carbons (Fsp3) is 0.167. The third-order valence-electron chi connectivity index (χ3n) is 3.67. The molecule has 25 heavy (non-hydrogen) atoms. The lowest BCUT2D eigenvalue weighted by Crippen LogP contribution is -2.25. The Bertz CT molecular complexity index is 970. The van der Waals surface area contributed by atoms with Crippen LogP contribution in [-0.4, -0.2) is 21.1 Å². The van der Waals surface area contributed by atoms with Gasteiger partial charge in [-0.25, -0.2) is 4.98 Å². The number of H-pyrrole nitrogens is 1. The number of nitrogens with zero attached hydrogens (tertiary/aromatic N) is 1. The van der Waals surface area contributed by atoms with Crippen LogP contribution in [0.4, 0.5) is 11.5 Å². The summed E-state index contributed by atoms with van der Waals surface area (Å²) in [5, 5.41) is 5.04. The summed E-state index contributed by atoms with van der Waals surface area (Å²) in [5.41, 5.74) is 5.98. The number of fused-ring (bicyclic) bond motifs is 1. The Kier molecular flexibility index (Phi) is 5.04. The van der Waals surface area contributed by atoms with Crippen molar-refractivity contribution in [3.05, 3.63) is 58.9 Å². The summed E-state index contributed by atoms with van der Waals surface area (Å²) in [5.74, 6) is -0.0103. The predicted octanol–water partition coefficient (Wildman–Crippen LogP) is 3.01. The van der Waals surface area contributed by atoms with E-state index in [0.717, 1.165) is 16.5 Å². The number of hydrogen-bond acceptors (Lipinski definition) is 5. The Morgan fingerprint density at radius 3 is 2.72 bits per heavy atom. The molecule has 4 N–H and O–H groups in total. The molecule has 0 aliphatic carbocycles. The van der Waals surface area contributed by atoms with Crippen molar-refractivity contribution in [1.29, 1.82) is 0 Å². The molecule has 2 aromatic carbocycles. The van der Waals surface area contributed by atoms with Crippen molar-refractivity contribution in [3.8, 4) is 0 Å². The van der Waals surface area contributed by atoms with Crippen LogP contribution in [0.15, 0.2) is 58.5 Å². The van der Waals surface area contributed by atoms with Crippen LogP contribution in [0.3, 0.4) is 0 Å². The van der Waals surface area contributed by atoms with Gasteiger partial charge in [-0.05, 0) is 29.3 Å². The monoisotopic (exact) mass is 354 g/mol. The minimum Gasteiger partial charge on any atom is -0.383 e. The molecule has 0 unspecified atom stereocenters. The Labute approximate surface area is 148 Å². The van der Waals surface area contributed by atoms with Crippen molar-refractivity contribution in [3.63, 3.8) is 0 Å². The number of carbonyl (C=O) groups is 1. The van der Waals surface area contributed by atoms with E-state index in [-0.39, 0.29) is 17.3 Å². The van der Waals surface area contributed by atoms with Gasteiger partial charge in [0.15, 0.2) is 5.16 Å². The standard InChI is InChI=1S/C18H18N4O2S/c1-2-14(25-18-21-15(19)10-16(23)22-18)17(24)20-13-8-7-11-5-3-4-6-12(11)9-13/h3-10,14H,2H2,1H3,(H,20,24)(H3,19,21,22,23)/t14-/m1/s1. The molecule has 1 amide bonds. The van der Waals surface area contributed by atoms with E-state index in [4.69, 9.17) is 5.73 Å². The van der Waals surface area contributed by atoms with E-state index in [9.17, 15) is 9.59 Å². The average molecular weight is 354 g/mol. The largest absolute Gasteiger partial charge is 0.383 e. The second kappa shape index (κ2) is 7.40. The molecule has 0 aliphatic rings. The van der Waals surface area contributed by atoms with Crippen molar-refractivity contribution in [1.82, 2.24) is 9.97 Å². The molecule has 1 atom stereocenters. The number of nitrogens with one attached hydrogen (secondary N) is 2. The fourth-order valence-corrected chi connectivity index (χ4v) is 3.38. The van der Waals surface area contributed by atoms with Crippen molar-refractivity contribution >= 4 is 39.9 Å². The minimum atomic E-state index is -0.392. The molecular weight excluding hydrogens is 336 g/mol. The SMILES string of the molecule is CC[C@@H](Sc1nc(N)cc(=O)[nH]1)C(=O)Nc1ccc2ccccc2c1. The van der Waals surface area contributed by atoms with Crippen LogP contribution in [0.1, 0.15) is 13.3 Å². The highest BCUT2D eigenvalue weighted by Crippen LogP contribution is 2.24. The van der Waals surface area contributed by atoms with Gasteiger partial charge in [-0.1, -0.05) is 49.0 Å². The van der Waals surface area contributed by atoms with Gasteiger partial charge in [0.2, 0.25) is 5.91 Å². The number of carbonyl (C=O) groups excluding carboxylic acids is 1. The quantitative estimate of drug-likeness (QED) is 0.483. The van der Waals surface area contributed by atoms with E-state index < -0.39 is 5.25 Å². The number of benzene rings is 2. The summed E-state index contributed by atoms with van der Waals surface area (Å²) >= 11 is 1.19. The molecule has 0 spiro atoms. The molecule has 0 bridgehead atoms. The summed E-state index contributed by atoms with van der Waals surface area (Å²) in [4.78, 5) is 30.7. The molecule has 1 aromatic heterocycles. The van der Waals surface area contributed by atoms with Crippen LogP contribution in [0.5, 0.6) is 0 Å². The number of thioether (sulfide) groups is 1. The zero-order valence-corrected chi connectivity index (χ0v) is 14.5. The van der Waals surface area contributed by atoms with E-state index in [1.807, 2.05) is 49.4 Å². The van der Waals surface area contributed by atoms with Crippen molar-refractivity contribution in [2.75, 3.05) is 11.1 Å². The highest BCUT2D eigenvalue weighted by Gasteiger charge is 2.19. The third-order valence-corrected chi connectivity index (χ3v) is 4.92. The molecule has 1 heterocycles. The number of aromatic amines is 1. The highest BCUT2D eigenvalue weighted by molar-refractivity contribution is 8.00. The lowest BCUT2D eigenvalue weighted by Gasteiger charge is -2.14. The van der Waals surface area contributed by atoms with E-state index in [0.29, 0.717) is 11.6 Å². The highest BCUT2D eigenvalue weighted by atomic mass is 32.2.